The second-order valence-electron chi connectivity index (χ2n) is 5.87. The first-order valence-electron chi connectivity index (χ1n) is 8.25. The molecule has 1 N–H and O–H groups in total. The summed E-state index contributed by atoms with van der Waals surface area (Å²) in [7, 11) is 3.04. The SMILES string of the molecule is CCCOc1ccc(C(=O)OC)cc1-c1nc2c(c(C)nn2C)c(=O)[nH]1. The molecule has 0 amide bonds. The number of aromatic amines is 1. The van der Waals surface area contributed by atoms with Gasteiger partial charge in [-0.15, -0.1) is 0 Å². The molecule has 8 heteroatoms. The van der Waals surface area contributed by atoms with Crippen LogP contribution in [0.3, 0.4) is 0 Å². The quantitative estimate of drug-likeness (QED) is 0.704. The summed E-state index contributed by atoms with van der Waals surface area (Å²) in [4.78, 5) is 31.7. The molecule has 0 aliphatic heterocycles. The van der Waals surface area contributed by atoms with Crippen LogP contribution in [-0.2, 0) is 11.8 Å². The number of rotatable bonds is 5. The smallest absolute Gasteiger partial charge is 0.337 e. The highest BCUT2D eigenvalue weighted by atomic mass is 16.5. The molecule has 1 aromatic carbocycles. The monoisotopic (exact) mass is 356 g/mol. The van der Waals surface area contributed by atoms with E-state index in [9.17, 15) is 9.59 Å². The van der Waals surface area contributed by atoms with Gasteiger partial charge in [-0.05, 0) is 31.5 Å². The Kier molecular flexibility index (Phi) is 4.75. The van der Waals surface area contributed by atoms with Gasteiger partial charge in [0.25, 0.3) is 5.56 Å². The van der Waals surface area contributed by atoms with Gasteiger partial charge in [0.1, 0.15) is 17.0 Å². The molecule has 0 aliphatic carbocycles. The Morgan fingerprint density at radius 2 is 2.12 bits per heavy atom. The number of esters is 1. The van der Waals surface area contributed by atoms with Crippen LogP contribution in [0.4, 0.5) is 0 Å². The predicted molar refractivity (Wildman–Crippen MR) is 96.4 cm³/mol. The number of ether oxygens (including phenoxy) is 2. The summed E-state index contributed by atoms with van der Waals surface area (Å²) in [6.07, 6.45) is 0.822. The molecular formula is C18H20N4O4. The van der Waals surface area contributed by atoms with Crippen molar-refractivity contribution in [3.05, 3.63) is 39.8 Å². The van der Waals surface area contributed by atoms with Crippen molar-refractivity contribution in [1.82, 2.24) is 19.7 Å². The lowest BCUT2D eigenvalue weighted by molar-refractivity contribution is 0.0600. The van der Waals surface area contributed by atoms with Crippen LogP contribution in [0.1, 0.15) is 29.4 Å². The third-order valence-corrected chi connectivity index (χ3v) is 3.99. The fourth-order valence-electron chi connectivity index (χ4n) is 2.77. The number of carbonyl (C=O) groups is 1. The van der Waals surface area contributed by atoms with Gasteiger partial charge >= 0.3 is 5.97 Å². The van der Waals surface area contributed by atoms with Gasteiger partial charge in [-0.3, -0.25) is 4.79 Å². The van der Waals surface area contributed by atoms with Crippen LogP contribution >= 0.6 is 0 Å². The molecule has 3 aromatic rings. The molecule has 0 unspecified atom stereocenters. The van der Waals surface area contributed by atoms with Gasteiger partial charge in [0.2, 0.25) is 0 Å². The van der Waals surface area contributed by atoms with E-state index in [2.05, 4.69) is 15.1 Å². The van der Waals surface area contributed by atoms with Crippen molar-refractivity contribution in [1.29, 1.82) is 0 Å². The zero-order valence-electron chi connectivity index (χ0n) is 15.1. The normalized spacial score (nSPS) is 10.9. The molecule has 0 saturated carbocycles. The number of nitrogens with zero attached hydrogens (tertiary/aromatic N) is 3. The van der Waals surface area contributed by atoms with Gasteiger partial charge in [-0.2, -0.15) is 5.10 Å². The highest BCUT2D eigenvalue weighted by molar-refractivity contribution is 5.91. The minimum Gasteiger partial charge on any atom is -0.493 e. The van der Waals surface area contributed by atoms with Crippen LogP contribution < -0.4 is 10.3 Å². The molecule has 0 atom stereocenters. The topological polar surface area (TPSA) is 99.1 Å². The first kappa shape index (κ1) is 17.7. The molecule has 0 spiro atoms. The summed E-state index contributed by atoms with van der Waals surface area (Å²) in [5, 5.41) is 4.69. The summed E-state index contributed by atoms with van der Waals surface area (Å²) < 4.78 is 12.1. The second kappa shape index (κ2) is 6.99. The van der Waals surface area contributed by atoms with Crippen LogP contribution in [0, 0.1) is 6.92 Å². The van der Waals surface area contributed by atoms with E-state index in [0.717, 1.165) is 6.42 Å². The highest BCUT2D eigenvalue weighted by Gasteiger charge is 2.18. The van der Waals surface area contributed by atoms with Crippen molar-refractivity contribution in [2.75, 3.05) is 13.7 Å². The molecule has 2 aromatic heterocycles. The lowest BCUT2D eigenvalue weighted by atomic mass is 10.1. The van der Waals surface area contributed by atoms with Crippen LogP contribution in [-0.4, -0.2) is 39.4 Å². The summed E-state index contributed by atoms with van der Waals surface area (Å²) in [6, 6.07) is 4.89. The van der Waals surface area contributed by atoms with E-state index in [1.165, 1.54) is 7.11 Å². The standard InChI is InChI=1S/C18H20N4O4/c1-5-8-26-13-7-6-11(18(24)25-4)9-12(13)15-19-16-14(17(23)20-15)10(2)21-22(16)3/h6-7,9H,5,8H2,1-4H3,(H,19,20,23). The molecule has 26 heavy (non-hydrogen) atoms. The summed E-state index contributed by atoms with van der Waals surface area (Å²) in [5.74, 6) is 0.358. The third-order valence-electron chi connectivity index (χ3n) is 3.99. The van der Waals surface area contributed by atoms with Gasteiger partial charge in [0, 0.05) is 7.05 Å². The number of benzene rings is 1. The Labute approximate surface area is 149 Å². The van der Waals surface area contributed by atoms with E-state index in [1.807, 2.05) is 6.92 Å². The molecule has 136 valence electrons. The van der Waals surface area contributed by atoms with E-state index in [4.69, 9.17) is 9.47 Å². The van der Waals surface area contributed by atoms with E-state index < -0.39 is 5.97 Å². The second-order valence-corrected chi connectivity index (χ2v) is 5.87. The molecule has 3 rings (SSSR count). The number of nitrogens with one attached hydrogen (secondary N) is 1. The lowest BCUT2D eigenvalue weighted by Crippen LogP contribution is -2.11. The molecule has 0 radical (unpaired) electrons. The highest BCUT2D eigenvalue weighted by Crippen LogP contribution is 2.29. The van der Waals surface area contributed by atoms with Crippen molar-refractivity contribution < 1.29 is 14.3 Å². The Hall–Kier alpha value is -3.16. The lowest BCUT2D eigenvalue weighted by Gasteiger charge is -2.12. The number of carbonyl (C=O) groups excluding carboxylic acids is 1. The van der Waals surface area contributed by atoms with Crippen molar-refractivity contribution in [2.24, 2.45) is 7.05 Å². The number of fused-ring (bicyclic) bond motifs is 1. The van der Waals surface area contributed by atoms with Gasteiger partial charge in [-0.1, -0.05) is 6.92 Å². The van der Waals surface area contributed by atoms with Crippen molar-refractivity contribution in [3.8, 4) is 17.1 Å². The van der Waals surface area contributed by atoms with Gasteiger partial charge < -0.3 is 14.5 Å². The van der Waals surface area contributed by atoms with E-state index in [0.29, 0.717) is 46.0 Å². The minimum atomic E-state index is -0.479. The van der Waals surface area contributed by atoms with Crippen molar-refractivity contribution in [2.45, 2.75) is 20.3 Å². The average molecular weight is 356 g/mol. The Morgan fingerprint density at radius 1 is 1.35 bits per heavy atom. The molecular weight excluding hydrogens is 336 g/mol. The maximum absolute atomic E-state index is 12.5. The first-order chi connectivity index (χ1) is 12.5. The maximum atomic E-state index is 12.5. The van der Waals surface area contributed by atoms with Crippen LogP contribution in [0.2, 0.25) is 0 Å². The fourth-order valence-corrected chi connectivity index (χ4v) is 2.77. The number of H-pyrrole nitrogens is 1. The minimum absolute atomic E-state index is 0.291. The van der Waals surface area contributed by atoms with Gasteiger partial charge in [-0.25, -0.2) is 14.5 Å². The first-order valence-corrected chi connectivity index (χ1v) is 8.25. The van der Waals surface area contributed by atoms with Gasteiger partial charge in [0.15, 0.2) is 5.65 Å². The van der Waals surface area contributed by atoms with Crippen molar-refractivity contribution >= 4 is 17.0 Å². The van der Waals surface area contributed by atoms with E-state index >= 15 is 0 Å². The predicted octanol–water partition coefficient (Wildman–Crippen LogP) is 2.21. The number of methoxy groups -OCH3 is 1. The van der Waals surface area contributed by atoms with Crippen molar-refractivity contribution in [3.63, 3.8) is 0 Å². The largest absolute Gasteiger partial charge is 0.493 e. The maximum Gasteiger partial charge on any atom is 0.337 e. The molecule has 0 bridgehead atoms. The number of aryl methyl sites for hydroxylation is 2. The molecule has 0 aliphatic rings. The van der Waals surface area contributed by atoms with E-state index in [-0.39, 0.29) is 5.56 Å². The molecule has 2 heterocycles. The molecule has 0 fully saturated rings. The summed E-state index contributed by atoms with van der Waals surface area (Å²) in [5.41, 5.74) is 1.63. The number of hydrogen-bond acceptors (Lipinski definition) is 6. The Morgan fingerprint density at radius 3 is 2.81 bits per heavy atom. The van der Waals surface area contributed by atoms with E-state index in [1.54, 1.807) is 36.9 Å². The van der Waals surface area contributed by atoms with Crippen LogP contribution in [0.15, 0.2) is 23.0 Å². The van der Waals surface area contributed by atoms with Gasteiger partial charge in [0.05, 0.1) is 30.5 Å². The Balaban J connectivity index is 2.23. The molecule has 8 nitrogen and oxygen atoms in total. The molecule has 0 saturated heterocycles. The zero-order chi connectivity index (χ0) is 18.8. The van der Waals surface area contributed by atoms with Crippen LogP contribution in [0.5, 0.6) is 5.75 Å². The summed E-state index contributed by atoms with van der Waals surface area (Å²) in [6.45, 7) is 4.25. The summed E-state index contributed by atoms with van der Waals surface area (Å²) >= 11 is 0. The zero-order valence-corrected chi connectivity index (χ0v) is 15.1. The number of aromatic nitrogens is 4. The average Bonchev–Trinajstić information content (AvgIpc) is 2.93. The fraction of sp³-hybridized carbons (Fsp3) is 0.333. The number of hydrogen-bond donors (Lipinski definition) is 1. The Bertz CT molecular complexity index is 1040. The van der Waals surface area contributed by atoms with Crippen LogP contribution in [0.25, 0.3) is 22.4 Å². The third kappa shape index (κ3) is 3.05.